The Kier molecular flexibility index (Phi) is 2.96. The lowest BCUT2D eigenvalue weighted by molar-refractivity contribution is 0.186. The predicted octanol–water partition coefficient (Wildman–Crippen LogP) is 3.64. The lowest BCUT2D eigenvalue weighted by atomic mass is 9.78. The maximum absolute atomic E-state index is 4.23. The van der Waals surface area contributed by atoms with Gasteiger partial charge in [-0.05, 0) is 34.2 Å². The van der Waals surface area contributed by atoms with Crippen LogP contribution in [0.4, 0.5) is 0 Å². The maximum atomic E-state index is 4.23. The SMILES string of the molecule is CC1CCCC(n2cnc(Br)c2)C1C. The van der Waals surface area contributed by atoms with E-state index in [1.807, 2.05) is 6.33 Å². The average Bonchev–Trinajstić information content (AvgIpc) is 2.57. The van der Waals surface area contributed by atoms with Crippen LogP contribution in [0.2, 0.25) is 0 Å². The average molecular weight is 257 g/mol. The van der Waals surface area contributed by atoms with Gasteiger partial charge < -0.3 is 4.57 Å². The smallest absolute Gasteiger partial charge is 0.124 e. The molecule has 1 aromatic heterocycles. The van der Waals surface area contributed by atoms with Crippen molar-refractivity contribution in [3.63, 3.8) is 0 Å². The van der Waals surface area contributed by atoms with Crippen molar-refractivity contribution in [2.24, 2.45) is 11.8 Å². The van der Waals surface area contributed by atoms with E-state index in [9.17, 15) is 0 Å². The van der Waals surface area contributed by atoms with E-state index in [2.05, 4.69) is 45.5 Å². The number of halogens is 1. The Labute approximate surface area is 93.9 Å². The van der Waals surface area contributed by atoms with Gasteiger partial charge in [0.05, 0.1) is 6.33 Å². The Hall–Kier alpha value is -0.310. The van der Waals surface area contributed by atoms with E-state index in [-0.39, 0.29) is 0 Å². The van der Waals surface area contributed by atoms with Gasteiger partial charge in [-0.2, -0.15) is 0 Å². The van der Waals surface area contributed by atoms with Crippen LogP contribution in [-0.4, -0.2) is 9.55 Å². The fraction of sp³-hybridized carbons (Fsp3) is 0.727. The molecule has 0 saturated heterocycles. The van der Waals surface area contributed by atoms with Gasteiger partial charge in [-0.1, -0.05) is 26.7 Å². The minimum Gasteiger partial charge on any atom is -0.333 e. The highest BCUT2D eigenvalue weighted by atomic mass is 79.9. The van der Waals surface area contributed by atoms with Crippen LogP contribution in [0.3, 0.4) is 0 Å². The number of aromatic nitrogens is 2. The van der Waals surface area contributed by atoms with E-state index < -0.39 is 0 Å². The lowest BCUT2D eigenvalue weighted by Gasteiger charge is -2.34. The number of hydrogen-bond acceptors (Lipinski definition) is 1. The number of rotatable bonds is 1. The van der Waals surface area contributed by atoms with Gasteiger partial charge in [-0.3, -0.25) is 0 Å². The van der Waals surface area contributed by atoms with Gasteiger partial charge in [0.2, 0.25) is 0 Å². The highest BCUT2D eigenvalue weighted by Gasteiger charge is 2.27. The molecule has 0 amide bonds. The summed E-state index contributed by atoms with van der Waals surface area (Å²) in [7, 11) is 0. The van der Waals surface area contributed by atoms with Crippen LogP contribution >= 0.6 is 15.9 Å². The summed E-state index contributed by atoms with van der Waals surface area (Å²) in [5.41, 5.74) is 0. The standard InChI is InChI=1S/C11H17BrN2/c1-8-4-3-5-10(9(8)2)14-6-11(12)13-7-14/h6-10H,3-5H2,1-2H3. The molecule has 1 aromatic rings. The summed E-state index contributed by atoms with van der Waals surface area (Å²) < 4.78 is 3.22. The Morgan fingerprint density at radius 3 is 2.86 bits per heavy atom. The fourth-order valence-corrected chi connectivity index (χ4v) is 2.80. The van der Waals surface area contributed by atoms with Crippen molar-refractivity contribution in [3.05, 3.63) is 17.1 Å². The van der Waals surface area contributed by atoms with Crippen molar-refractivity contribution >= 4 is 15.9 Å². The molecule has 78 valence electrons. The van der Waals surface area contributed by atoms with Gasteiger partial charge in [0.1, 0.15) is 4.60 Å². The molecule has 0 spiro atoms. The summed E-state index contributed by atoms with van der Waals surface area (Å²) in [4.78, 5) is 4.23. The van der Waals surface area contributed by atoms with Crippen LogP contribution in [0.1, 0.15) is 39.2 Å². The number of hydrogen-bond donors (Lipinski definition) is 0. The van der Waals surface area contributed by atoms with Crippen molar-refractivity contribution < 1.29 is 0 Å². The molecule has 14 heavy (non-hydrogen) atoms. The molecule has 0 aliphatic heterocycles. The molecule has 0 N–H and O–H groups in total. The summed E-state index contributed by atoms with van der Waals surface area (Å²) in [6.07, 6.45) is 8.08. The lowest BCUT2D eigenvalue weighted by Crippen LogP contribution is -2.26. The zero-order valence-corrected chi connectivity index (χ0v) is 10.4. The zero-order valence-electron chi connectivity index (χ0n) is 8.78. The van der Waals surface area contributed by atoms with Crippen LogP contribution in [-0.2, 0) is 0 Å². The van der Waals surface area contributed by atoms with Crippen molar-refractivity contribution in [2.75, 3.05) is 0 Å². The summed E-state index contributed by atoms with van der Waals surface area (Å²) in [6, 6.07) is 0.651. The summed E-state index contributed by atoms with van der Waals surface area (Å²) in [5, 5.41) is 0. The normalized spacial score (nSPS) is 33.2. The summed E-state index contributed by atoms with van der Waals surface area (Å²) in [5.74, 6) is 1.61. The van der Waals surface area contributed by atoms with Gasteiger partial charge in [0.25, 0.3) is 0 Å². The maximum Gasteiger partial charge on any atom is 0.124 e. The third-order valence-corrected chi connectivity index (χ3v) is 4.03. The largest absolute Gasteiger partial charge is 0.333 e. The van der Waals surface area contributed by atoms with E-state index in [0.717, 1.165) is 16.4 Å². The van der Waals surface area contributed by atoms with Crippen LogP contribution in [0.25, 0.3) is 0 Å². The third kappa shape index (κ3) is 1.88. The van der Waals surface area contributed by atoms with Gasteiger partial charge in [0, 0.05) is 12.2 Å². The van der Waals surface area contributed by atoms with Crippen molar-refractivity contribution in [2.45, 2.75) is 39.2 Å². The number of imidazole rings is 1. The molecule has 1 aliphatic carbocycles. The molecule has 0 aromatic carbocycles. The highest BCUT2D eigenvalue weighted by molar-refractivity contribution is 9.10. The third-order valence-electron chi connectivity index (χ3n) is 3.62. The quantitative estimate of drug-likeness (QED) is 0.751. The molecule has 1 heterocycles. The Morgan fingerprint density at radius 1 is 1.43 bits per heavy atom. The highest BCUT2D eigenvalue weighted by Crippen LogP contribution is 2.37. The van der Waals surface area contributed by atoms with Gasteiger partial charge in [0.15, 0.2) is 0 Å². The molecule has 2 nitrogen and oxygen atoms in total. The van der Waals surface area contributed by atoms with Crippen molar-refractivity contribution in [1.29, 1.82) is 0 Å². The molecule has 0 bridgehead atoms. The minimum atomic E-state index is 0.651. The Balaban J connectivity index is 2.17. The second-order valence-electron chi connectivity index (χ2n) is 4.48. The molecule has 3 heteroatoms. The van der Waals surface area contributed by atoms with E-state index in [4.69, 9.17) is 0 Å². The van der Waals surface area contributed by atoms with E-state index in [1.54, 1.807) is 0 Å². The molecule has 1 aliphatic rings. The molecule has 0 radical (unpaired) electrons. The van der Waals surface area contributed by atoms with Gasteiger partial charge in [-0.15, -0.1) is 0 Å². The van der Waals surface area contributed by atoms with E-state index >= 15 is 0 Å². The summed E-state index contributed by atoms with van der Waals surface area (Å²) in [6.45, 7) is 4.73. The topological polar surface area (TPSA) is 17.8 Å². The molecular weight excluding hydrogens is 240 g/mol. The monoisotopic (exact) mass is 256 g/mol. The zero-order chi connectivity index (χ0) is 10.1. The minimum absolute atomic E-state index is 0.651. The first kappa shape index (κ1) is 10.2. The first-order chi connectivity index (χ1) is 6.68. The van der Waals surface area contributed by atoms with Gasteiger partial charge >= 0.3 is 0 Å². The first-order valence-corrected chi connectivity index (χ1v) is 6.16. The molecular formula is C11H17BrN2. The molecule has 2 rings (SSSR count). The van der Waals surface area contributed by atoms with Crippen molar-refractivity contribution in [3.8, 4) is 0 Å². The molecule has 1 fully saturated rings. The van der Waals surface area contributed by atoms with E-state index in [0.29, 0.717) is 6.04 Å². The first-order valence-electron chi connectivity index (χ1n) is 5.37. The Bertz CT molecular complexity index is 308. The summed E-state index contributed by atoms with van der Waals surface area (Å²) >= 11 is 3.40. The van der Waals surface area contributed by atoms with Gasteiger partial charge in [-0.25, -0.2) is 4.98 Å². The number of nitrogens with zero attached hydrogens (tertiary/aromatic N) is 2. The molecule has 3 unspecified atom stereocenters. The van der Waals surface area contributed by atoms with Crippen LogP contribution in [0.5, 0.6) is 0 Å². The molecule has 1 saturated carbocycles. The predicted molar refractivity (Wildman–Crippen MR) is 61.1 cm³/mol. The van der Waals surface area contributed by atoms with Crippen molar-refractivity contribution in [1.82, 2.24) is 9.55 Å². The second kappa shape index (κ2) is 4.05. The second-order valence-corrected chi connectivity index (χ2v) is 5.29. The fourth-order valence-electron chi connectivity index (χ4n) is 2.47. The molecule has 3 atom stereocenters. The van der Waals surface area contributed by atoms with Crippen LogP contribution in [0.15, 0.2) is 17.1 Å². The van der Waals surface area contributed by atoms with Crippen LogP contribution < -0.4 is 0 Å². The van der Waals surface area contributed by atoms with E-state index in [1.165, 1.54) is 19.3 Å². The van der Waals surface area contributed by atoms with Crippen LogP contribution in [0, 0.1) is 11.8 Å². The Morgan fingerprint density at radius 2 is 2.21 bits per heavy atom.